The van der Waals surface area contributed by atoms with Crippen molar-refractivity contribution in [3.8, 4) is 0 Å². The zero-order chi connectivity index (χ0) is 14.3. The van der Waals surface area contributed by atoms with Gasteiger partial charge in [0.2, 0.25) is 0 Å². The lowest BCUT2D eigenvalue weighted by atomic mass is 10.2. The molecule has 1 fully saturated rings. The Kier molecular flexibility index (Phi) is 5.52. The molecule has 1 rings (SSSR count). The normalized spacial score (nSPS) is 19.0. The van der Waals surface area contributed by atoms with Crippen molar-refractivity contribution in [2.75, 3.05) is 13.7 Å². The van der Waals surface area contributed by atoms with Gasteiger partial charge < -0.3 is 15.4 Å². The predicted molar refractivity (Wildman–Crippen MR) is 67.1 cm³/mol. The van der Waals surface area contributed by atoms with Gasteiger partial charge in [-0.3, -0.25) is 4.79 Å². The third-order valence-electron chi connectivity index (χ3n) is 2.56. The third-order valence-corrected chi connectivity index (χ3v) is 2.56. The molecule has 0 aliphatic carbocycles. The smallest absolute Gasteiger partial charge is 0.332 e. The molecular weight excluding hydrogens is 252 g/mol. The molecule has 1 heterocycles. The number of primary amides is 1. The second-order valence-corrected chi connectivity index (χ2v) is 3.87. The monoisotopic (exact) mass is 268 g/mol. The van der Waals surface area contributed by atoms with E-state index in [-0.39, 0.29) is 12.0 Å². The fourth-order valence-electron chi connectivity index (χ4n) is 1.73. The van der Waals surface area contributed by atoms with E-state index in [0.717, 1.165) is 12.6 Å². The highest BCUT2D eigenvalue weighted by Crippen LogP contribution is 2.18. The number of nitrogens with two attached hydrogens (primary N) is 1. The minimum absolute atomic E-state index is 0.321. The summed E-state index contributed by atoms with van der Waals surface area (Å²) in [4.78, 5) is 34.8. The number of allylic oxidation sites excluding steroid dienone is 1. The maximum atomic E-state index is 11.4. The zero-order valence-electron chi connectivity index (χ0n) is 10.5. The molecule has 3 N–H and O–H groups in total. The highest BCUT2D eigenvalue weighted by atomic mass is 16.5. The second-order valence-electron chi connectivity index (χ2n) is 3.87. The van der Waals surface area contributed by atoms with Crippen molar-refractivity contribution in [1.82, 2.24) is 10.3 Å². The van der Waals surface area contributed by atoms with Crippen LogP contribution >= 0.6 is 0 Å². The van der Waals surface area contributed by atoms with Gasteiger partial charge in [0.15, 0.2) is 5.78 Å². The lowest BCUT2D eigenvalue weighted by molar-refractivity contribution is -0.145. The topological polar surface area (TPSA) is 114 Å². The summed E-state index contributed by atoms with van der Waals surface area (Å²) in [5.41, 5.74) is 6.67. The van der Waals surface area contributed by atoms with Crippen molar-refractivity contribution in [2.45, 2.75) is 18.9 Å². The molecule has 0 radical (unpaired) electrons. The molecule has 8 nitrogen and oxygen atoms in total. The number of hydrazone groups is 1. The van der Waals surface area contributed by atoms with Crippen LogP contribution in [0.5, 0.6) is 0 Å². The lowest BCUT2D eigenvalue weighted by Gasteiger charge is -2.19. The summed E-state index contributed by atoms with van der Waals surface area (Å²) in [6.07, 6.45) is 5.25. The van der Waals surface area contributed by atoms with Gasteiger partial charge in [0.25, 0.3) is 0 Å². The SMILES string of the molecule is COC(=O)[C@@H]1CCCN1/C=C/C(=O)/C=N\NC(N)=O. The number of carbonyl (C=O) groups excluding carboxylic acids is 3. The molecule has 1 saturated heterocycles. The van der Waals surface area contributed by atoms with E-state index in [4.69, 9.17) is 5.73 Å². The van der Waals surface area contributed by atoms with Crippen LogP contribution in [-0.2, 0) is 14.3 Å². The number of rotatable bonds is 5. The average molecular weight is 268 g/mol. The number of hydrogen-bond acceptors (Lipinski definition) is 6. The number of hydrogen-bond donors (Lipinski definition) is 2. The van der Waals surface area contributed by atoms with Crippen LogP contribution in [0.3, 0.4) is 0 Å². The van der Waals surface area contributed by atoms with Gasteiger partial charge in [-0.15, -0.1) is 0 Å². The molecule has 19 heavy (non-hydrogen) atoms. The van der Waals surface area contributed by atoms with Crippen LogP contribution in [0.2, 0.25) is 0 Å². The van der Waals surface area contributed by atoms with Crippen molar-refractivity contribution in [1.29, 1.82) is 0 Å². The van der Waals surface area contributed by atoms with Gasteiger partial charge in [0, 0.05) is 18.8 Å². The lowest BCUT2D eigenvalue weighted by Crippen LogP contribution is -2.33. The largest absolute Gasteiger partial charge is 0.467 e. The number of likely N-dealkylation sites (tertiary alicyclic amines) is 1. The molecule has 0 aromatic carbocycles. The van der Waals surface area contributed by atoms with Crippen LogP contribution < -0.4 is 11.2 Å². The van der Waals surface area contributed by atoms with Gasteiger partial charge in [0.1, 0.15) is 6.04 Å². The minimum atomic E-state index is -0.849. The number of amides is 2. The van der Waals surface area contributed by atoms with Crippen LogP contribution in [0.1, 0.15) is 12.8 Å². The Morgan fingerprint density at radius 3 is 2.84 bits per heavy atom. The zero-order valence-corrected chi connectivity index (χ0v) is 10.5. The molecule has 8 heteroatoms. The highest BCUT2D eigenvalue weighted by molar-refractivity contribution is 6.32. The molecule has 1 atom stereocenters. The molecule has 104 valence electrons. The predicted octanol–water partition coefficient (Wildman–Crippen LogP) is -0.639. The van der Waals surface area contributed by atoms with Crippen LogP contribution in [-0.4, -0.2) is 48.6 Å². The molecular formula is C11H16N4O4. The van der Waals surface area contributed by atoms with E-state index in [0.29, 0.717) is 13.0 Å². The summed E-state index contributed by atoms with van der Waals surface area (Å²) in [5.74, 6) is -0.747. The first-order valence-electron chi connectivity index (χ1n) is 5.69. The minimum Gasteiger partial charge on any atom is -0.467 e. The fourth-order valence-corrected chi connectivity index (χ4v) is 1.73. The van der Waals surface area contributed by atoms with Gasteiger partial charge in [0.05, 0.1) is 13.3 Å². The summed E-state index contributed by atoms with van der Waals surface area (Å²) < 4.78 is 4.68. The summed E-state index contributed by atoms with van der Waals surface area (Å²) in [5, 5.41) is 3.33. The first-order valence-corrected chi connectivity index (χ1v) is 5.69. The van der Waals surface area contributed by atoms with E-state index in [1.807, 2.05) is 5.43 Å². The number of ketones is 1. The molecule has 0 aromatic rings. The quantitative estimate of drug-likeness (QED) is 0.298. The summed E-state index contributed by atoms with van der Waals surface area (Å²) in [7, 11) is 1.33. The van der Waals surface area contributed by atoms with Gasteiger partial charge in [-0.25, -0.2) is 15.0 Å². The van der Waals surface area contributed by atoms with E-state index in [1.54, 1.807) is 4.90 Å². The number of esters is 1. The van der Waals surface area contributed by atoms with Gasteiger partial charge in [-0.2, -0.15) is 5.10 Å². The number of ether oxygens (including phenoxy) is 1. The Morgan fingerprint density at radius 1 is 1.47 bits per heavy atom. The molecule has 0 unspecified atom stereocenters. The number of carbonyl (C=O) groups is 3. The average Bonchev–Trinajstić information content (AvgIpc) is 2.83. The van der Waals surface area contributed by atoms with Crippen LogP contribution in [0.4, 0.5) is 4.79 Å². The van der Waals surface area contributed by atoms with Crippen molar-refractivity contribution < 1.29 is 19.1 Å². The maximum Gasteiger partial charge on any atom is 0.332 e. The molecule has 0 spiro atoms. The van der Waals surface area contributed by atoms with Crippen LogP contribution in [0.25, 0.3) is 0 Å². The standard InChI is InChI=1S/C11H16N4O4/c1-19-10(17)9-3-2-5-15(9)6-4-8(16)7-13-14-11(12)18/h4,6-7,9H,2-3,5H2,1H3,(H3,12,14,18)/b6-4+,13-7-/t9-/m0/s1. The summed E-state index contributed by atoms with van der Waals surface area (Å²) in [6, 6.07) is -1.20. The first-order chi connectivity index (χ1) is 9.04. The molecule has 0 bridgehead atoms. The first kappa shape index (κ1) is 14.7. The number of urea groups is 1. The van der Waals surface area contributed by atoms with Gasteiger partial charge >= 0.3 is 12.0 Å². The van der Waals surface area contributed by atoms with Crippen molar-refractivity contribution in [2.24, 2.45) is 10.8 Å². The van der Waals surface area contributed by atoms with E-state index < -0.39 is 11.8 Å². The second kappa shape index (κ2) is 7.14. The van der Waals surface area contributed by atoms with Crippen molar-refractivity contribution >= 4 is 24.0 Å². The van der Waals surface area contributed by atoms with E-state index in [1.165, 1.54) is 19.4 Å². The molecule has 0 aromatic heterocycles. The fraction of sp³-hybridized carbons (Fsp3) is 0.455. The van der Waals surface area contributed by atoms with Crippen molar-refractivity contribution in [3.05, 3.63) is 12.3 Å². The van der Waals surface area contributed by atoms with E-state index in [9.17, 15) is 14.4 Å². The molecule has 0 saturated carbocycles. The van der Waals surface area contributed by atoms with E-state index >= 15 is 0 Å². The Morgan fingerprint density at radius 2 is 2.21 bits per heavy atom. The van der Waals surface area contributed by atoms with Crippen LogP contribution in [0, 0.1) is 0 Å². The molecule has 1 aliphatic rings. The molecule has 2 amide bonds. The third kappa shape index (κ3) is 4.78. The van der Waals surface area contributed by atoms with Gasteiger partial charge in [-0.1, -0.05) is 0 Å². The number of nitrogens with one attached hydrogen (secondary N) is 1. The Hall–Kier alpha value is -2.38. The Labute approximate surface area is 110 Å². The van der Waals surface area contributed by atoms with Crippen molar-refractivity contribution in [3.63, 3.8) is 0 Å². The van der Waals surface area contributed by atoms with Crippen LogP contribution in [0.15, 0.2) is 17.4 Å². The highest BCUT2D eigenvalue weighted by Gasteiger charge is 2.29. The maximum absolute atomic E-state index is 11.4. The Bertz CT molecular complexity index is 419. The summed E-state index contributed by atoms with van der Waals surface area (Å²) in [6.45, 7) is 0.681. The van der Waals surface area contributed by atoms with Gasteiger partial charge in [-0.05, 0) is 12.8 Å². The summed E-state index contributed by atoms with van der Waals surface area (Å²) >= 11 is 0. The molecule has 1 aliphatic heterocycles. The number of nitrogens with zero attached hydrogens (tertiary/aromatic N) is 2. The Balaban J connectivity index is 2.51. The van der Waals surface area contributed by atoms with E-state index in [2.05, 4.69) is 9.84 Å². The number of methoxy groups -OCH3 is 1.